The Labute approximate surface area is 134 Å². The van der Waals surface area contributed by atoms with Crippen molar-refractivity contribution < 1.29 is 17.9 Å². The lowest BCUT2D eigenvalue weighted by Crippen LogP contribution is -2.42. The highest BCUT2D eigenvalue weighted by molar-refractivity contribution is 5.73. The topological polar surface area (TPSA) is 71.1 Å². The molecule has 1 fully saturated rings. The summed E-state index contributed by atoms with van der Waals surface area (Å²) in [7, 11) is 1.42. The molecule has 132 valence electrons. The number of aromatic nitrogens is 4. The van der Waals surface area contributed by atoms with Crippen LogP contribution in [0.2, 0.25) is 0 Å². The van der Waals surface area contributed by atoms with Gasteiger partial charge in [0.25, 0.3) is 5.56 Å². The molecule has 1 aliphatic heterocycles. The number of fused-ring (bicyclic) bond motifs is 1. The Morgan fingerprint density at radius 3 is 2.58 bits per heavy atom. The van der Waals surface area contributed by atoms with E-state index in [1.807, 2.05) is 0 Å². The van der Waals surface area contributed by atoms with E-state index in [2.05, 4.69) is 5.10 Å². The molecule has 10 heteroatoms. The highest BCUT2D eigenvalue weighted by atomic mass is 19.4. The average Bonchev–Trinajstić information content (AvgIpc) is 2.92. The van der Waals surface area contributed by atoms with Gasteiger partial charge >= 0.3 is 11.9 Å². The van der Waals surface area contributed by atoms with E-state index in [1.54, 1.807) is 0 Å². The third kappa shape index (κ3) is 3.10. The first-order chi connectivity index (χ1) is 11.3. The molecule has 0 bridgehead atoms. The lowest BCUT2D eigenvalue weighted by molar-refractivity contribution is -0.141. The fraction of sp³-hybridized carbons (Fsp3) is 0.643. The fourth-order valence-electron chi connectivity index (χ4n) is 2.98. The lowest BCUT2D eigenvalue weighted by atomic mass is 10.0. The number of alkyl halides is 3. The Morgan fingerprint density at radius 2 is 1.96 bits per heavy atom. The molecule has 0 amide bonds. The molecule has 0 aliphatic carbocycles. The standard InChI is InChI=1S/C14H17F3N4O3/c1-19-10-6-18-21(8-14(15,16)17)11(10)12(22)20(13(19)23)7-9-2-4-24-5-3-9/h6,9H,2-5,7-8H2,1H3. The van der Waals surface area contributed by atoms with Gasteiger partial charge < -0.3 is 4.74 Å². The Bertz CT molecular complexity index is 859. The minimum atomic E-state index is -4.51. The maximum atomic E-state index is 12.7. The Morgan fingerprint density at radius 1 is 1.29 bits per heavy atom. The molecular weight excluding hydrogens is 329 g/mol. The maximum absolute atomic E-state index is 12.7. The van der Waals surface area contributed by atoms with Gasteiger partial charge in [-0.1, -0.05) is 0 Å². The van der Waals surface area contributed by atoms with Gasteiger partial charge in [-0.25, -0.2) is 9.48 Å². The first kappa shape index (κ1) is 16.7. The summed E-state index contributed by atoms with van der Waals surface area (Å²) in [5.41, 5.74) is -1.40. The molecule has 2 aromatic heterocycles. The monoisotopic (exact) mass is 346 g/mol. The Hall–Kier alpha value is -2.10. The molecule has 0 unspecified atom stereocenters. The molecule has 0 atom stereocenters. The SMILES string of the molecule is Cn1c(=O)n(CC2CCOCC2)c(=O)c2c1cnn2CC(F)(F)F. The second-order valence-corrected chi connectivity index (χ2v) is 5.96. The van der Waals surface area contributed by atoms with Gasteiger partial charge in [0, 0.05) is 26.8 Å². The number of halogens is 3. The molecule has 3 rings (SSSR count). The van der Waals surface area contributed by atoms with Crippen LogP contribution in [0.25, 0.3) is 11.0 Å². The van der Waals surface area contributed by atoms with E-state index in [4.69, 9.17) is 4.74 Å². The lowest BCUT2D eigenvalue weighted by Gasteiger charge is -2.22. The molecule has 0 aromatic carbocycles. The van der Waals surface area contributed by atoms with Gasteiger partial charge in [0.05, 0.1) is 11.7 Å². The summed E-state index contributed by atoms with van der Waals surface area (Å²) in [6.07, 6.45) is -1.99. The van der Waals surface area contributed by atoms with Crippen LogP contribution < -0.4 is 11.2 Å². The minimum absolute atomic E-state index is 0.0839. The number of hydrogen-bond acceptors (Lipinski definition) is 4. The number of aryl methyl sites for hydroxylation is 1. The summed E-state index contributed by atoms with van der Waals surface area (Å²) in [6, 6.07) is 0. The van der Waals surface area contributed by atoms with Crippen LogP contribution in [0.4, 0.5) is 13.2 Å². The van der Waals surface area contributed by atoms with Crippen LogP contribution in [0.3, 0.4) is 0 Å². The highest BCUT2D eigenvalue weighted by Crippen LogP contribution is 2.20. The Balaban J connectivity index is 2.10. The summed E-state index contributed by atoms with van der Waals surface area (Å²) in [5.74, 6) is 0.0839. The fourth-order valence-corrected chi connectivity index (χ4v) is 2.98. The molecule has 24 heavy (non-hydrogen) atoms. The molecule has 0 radical (unpaired) electrons. The normalized spacial score (nSPS) is 16.8. The quantitative estimate of drug-likeness (QED) is 0.827. The third-order valence-corrected chi connectivity index (χ3v) is 4.26. The molecule has 1 aliphatic rings. The minimum Gasteiger partial charge on any atom is -0.381 e. The van der Waals surface area contributed by atoms with Crippen molar-refractivity contribution in [3.05, 3.63) is 27.0 Å². The first-order valence-corrected chi connectivity index (χ1v) is 7.58. The van der Waals surface area contributed by atoms with Crippen molar-refractivity contribution in [2.24, 2.45) is 13.0 Å². The molecular formula is C14H17F3N4O3. The van der Waals surface area contributed by atoms with Crippen LogP contribution in [0, 0.1) is 5.92 Å². The van der Waals surface area contributed by atoms with Gasteiger partial charge in [-0.15, -0.1) is 0 Å². The Kier molecular flexibility index (Phi) is 4.24. The van der Waals surface area contributed by atoms with Gasteiger partial charge in [-0.05, 0) is 18.8 Å². The van der Waals surface area contributed by atoms with Crippen LogP contribution in [0.1, 0.15) is 12.8 Å². The molecule has 0 spiro atoms. The summed E-state index contributed by atoms with van der Waals surface area (Å²) < 4.78 is 46.1. The smallest absolute Gasteiger partial charge is 0.381 e. The van der Waals surface area contributed by atoms with Gasteiger partial charge in [0.2, 0.25) is 0 Å². The summed E-state index contributed by atoms with van der Waals surface area (Å²) >= 11 is 0. The van der Waals surface area contributed by atoms with Gasteiger partial charge in [-0.2, -0.15) is 18.3 Å². The predicted octanol–water partition coefficient (Wildman–Crippen LogP) is 0.886. The van der Waals surface area contributed by atoms with Crippen molar-refractivity contribution in [2.75, 3.05) is 13.2 Å². The largest absolute Gasteiger partial charge is 0.408 e. The number of ether oxygens (including phenoxy) is 1. The van der Waals surface area contributed by atoms with E-state index < -0.39 is 24.0 Å². The highest BCUT2D eigenvalue weighted by Gasteiger charge is 2.30. The average molecular weight is 346 g/mol. The van der Waals surface area contributed by atoms with Crippen molar-refractivity contribution in [1.29, 1.82) is 0 Å². The molecule has 1 saturated heterocycles. The van der Waals surface area contributed by atoms with Crippen LogP contribution in [-0.4, -0.2) is 38.3 Å². The molecule has 3 heterocycles. The molecule has 2 aromatic rings. The van der Waals surface area contributed by atoms with Crippen LogP contribution in [0.5, 0.6) is 0 Å². The first-order valence-electron chi connectivity index (χ1n) is 7.58. The van der Waals surface area contributed by atoms with Gasteiger partial charge in [0.1, 0.15) is 6.54 Å². The van der Waals surface area contributed by atoms with E-state index in [1.165, 1.54) is 7.05 Å². The summed E-state index contributed by atoms with van der Waals surface area (Å²) in [5, 5.41) is 3.63. The summed E-state index contributed by atoms with van der Waals surface area (Å²) in [6.45, 7) is -0.106. The van der Waals surface area contributed by atoms with Crippen molar-refractivity contribution in [2.45, 2.75) is 32.1 Å². The molecule has 7 nitrogen and oxygen atoms in total. The molecule has 0 N–H and O–H groups in total. The molecule has 0 saturated carbocycles. The van der Waals surface area contributed by atoms with Crippen molar-refractivity contribution in [1.82, 2.24) is 18.9 Å². The second kappa shape index (κ2) is 6.08. The van der Waals surface area contributed by atoms with Gasteiger partial charge in [0.15, 0.2) is 5.52 Å². The predicted molar refractivity (Wildman–Crippen MR) is 78.8 cm³/mol. The van der Waals surface area contributed by atoms with Crippen LogP contribution >= 0.6 is 0 Å². The number of rotatable bonds is 3. The second-order valence-electron chi connectivity index (χ2n) is 5.96. The van der Waals surface area contributed by atoms with E-state index in [0.29, 0.717) is 30.7 Å². The van der Waals surface area contributed by atoms with E-state index >= 15 is 0 Å². The van der Waals surface area contributed by atoms with E-state index in [-0.39, 0.29) is 23.5 Å². The van der Waals surface area contributed by atoms with Crippen LogP contribution in [0.15, 0.2) is 15.8 Å². The van der Waals surface area contributed by atoms with E-state index in [9.17, 15) is 22.8 Å². The summed E-state index contributed by atoms with van der Waals surface area (Å²) in [4.78, 5) is 25.0. The third-order valence-electron chi connectivity index (χ3n) is 4.26. The van der Waals surface area contributed by atoms with Gasteiger partial charge in [-0.3, -0.25) is 13.9 Å². The zero-order chi connectivity index (χ0) is 17.5. The van der Waals surface area contributed by atoms with Crippen molar-refractivity contribution in [3.8, 4) is 0 Å². The number of hydrogen-bond donors (Lipinski definition) is 0. The zero-order valence-corrected chi connectivity index (χ0v) is 13.0. The van der Waals surface area contributed by atoms with Crippen molar-refractivity contribution in [3.63, 3.8) is 0 Å². The number of nitrogens with zero attached hydrogens (tertiary/aromatic N) is 4. The maximum Gasteiger partial charge on any atom is 0.408 e. The van der Waals surface area contributed by atoms with Crippen LogP contribution in [-0.2, 0) is 24.9 Å². The van der Waals surface area contributed by atoms with Crippen molar-refractivity contribution >= 4 is 11.0 Å². The zero-order valence-electron chi connectivity index (χ0n) is 13.0. The van der Waals surface area contributed by atoms with E-state index in [0.717, 1.165) is 15.3 Å².